The molecule has 0 saturated heterocycles. The molecule has 0 saturated carbocycles. The van der Waals surface area contributed by atoms with Crippen molar-refractivity contribution in [1.29, 1.82) is 0 Å². The van der Waals surface area contributed by atoms with Crippen LogP contribution in [0.1, 0.15) is 40.0 Å². The monoisotopic (exact) mass is 273 g/mol. The maximum Gasteiger partial charge on any atom is 0.510 e. The molecule has 1 atom stereocenters. The van der Waals surface area contributed by atoms with E-state index in [-0.39, 0.29) is 18.8 Å². The first kappa shape index (κ1) is 19.3. The van der Waals surface area contributed by atoms with Crippen LogP contribution in [0, 0.1) is 0 Å². The summed E-state index contributed by atoms with van der Waals surface area (Å²) in [5.41, 5.74) is 6.02. The van der Waals surface area contributed by atoms with Crippen LogP contribution in [0.4, 0.5) is 4.20 Å². The molecular formula is C10H25FNO4P. The molecule has 0 aromatic carbocycles. The van der Waals surface area contributed by atoms with Gasteiger partial charge >= 0.3 is 7.91 Å². The van der Waals surface area contributed by atoms with Gasteiger partial charge in [0.15, 0.2) is 0 Å². The Hall–Kier alpha value is -0.0000000000000000278. The van der Waals surface area contributed by atoms with E-state index in [0.717, 1.165) is 19.3 Å². The van der Waals surface area contributed by atoms with Gasteiger partial charge in [-0.1, -0.05) is 20.8 Å². The lowest BCUT2D eigenvalue weighted by Gasteiger charge is -2.23. The van der Waals surface area contributed by atoms with Gasteiger partial charge in [-0.25, -0.2) is 4.57 Å². The molecule has 0 spiro atoms. The smallest absolute Gasteiger partial charge is 0.382 e. The van der Waals surface area contributed by atoms with Gasteiger partial charge in [0, 0.05) is 12.6 Å². The predicted molar refractivity (Wildman–Crippen MR) is 66.6 cm³/mol. The van der Waals surface area contributed by atoms with Gasteiger partial charge in [-0.05, 0) is 19.3 Å². The molecule has 0 radical (unpaired) electrons. The average Bonchev–Trinajstić information content (AvgIpc) is 2.28. The molecule has 0 aliphatic heterocycles. The zero-order chi connectivity index (χ0) is 13.9. The second-order valence-corrected chi connectivity index (χ2v) is 4.86. The Morgan fingerprint density at radius 3 is 1.82 bits per heavy atom. The third kappa shape index (κ3) is 13.9. The fourth-order valence-electron chi connectivity index (χ4n) is 0.983. The fourth-order valence-corrected chi connectivity index (χ4v) is 1.28. The normalized spacial score (nSPS) is 14.8. The highest BCUT2D eigenvalue weighted by atomic mass is 31.2. The largest absolute Gasteiger partial charge is 0.510 e. The minimum absolute atomic E-state index is 0.106. The number of methoxy groups -OCH3 is 1. The van der Waals surface area contributed by atoms with Crippen LogP contribution in [0.3, 0.4) is 0 Å². The Balaban J connectivity index is 0. The number of nitrogens with two attached hydrogens (primary N) is 1. The third-order valence-corrected chi connectivity index (χ3v) is 3.15. The molecule has 0 aromatic rings. The highest BCUT2D eigenvalue weighted by molar-refractivity contribution is 7.46. The minimum atomic E-state index is -4.78. The van der Waals surface area contributed by atoms with Crippen molar-refractivity contribution in [2.45, 2.75) is 45.6 Å². The molecular weight excluding hydrogens is 248 g/mol. The van der Waals surface area contributed by atoms with Crippen molar-refractivity contribution in [3.63, 3.8) is 0 Å². The van der Waals surface area contributed by atoms with Crippen LogP contribution in [0.15, 0.2) is 0 Å². The molecule has 0 aliphatic carbocycles. The first-order valence-corrected chi connectivity index (χ1v) is 7.16. The first-order chi connectivity index (χ1) is 7.74. The Morgan fingerprint density at radius 2 is 1.65 bits per heavy atom. The van der Waals surface area contributed by atoms with E-state index in [2.05, 4.69) is 30.0 Å². The molecule has 0 heterocycles. The van der Waals surface area contributed by atoms with Crippen molar-refractivity contribution >= 4 is 7.91 Å². The lowest BCUT2D eigenvalue weighted by atomic mass is 9.92. The highest BCUT2D eigenvalue weighted by Gasteiger charge is 2.16. The van der Waals surface area contributed by atoms with Gasteiger partial charge in [-0.15, -0.1) is 4.20 Å². The zero-order valence-corrected chi connectivity index (χ0v) is 12.0. The van der Waals surface area contributed by atoms with Crippen molar-refractivity contribution in [1.82, 2.24) is 0 Å². The molecule has 7 heteroatoms. The molecule has 17 heavy (non-hydrogen) atoms. The summed E-state index contributed by atoms with van der Waals surface area (Å²) in [5, 5.41) is 0. The van der Waals surface area contributed by atoms with E-state index in [1.54, 1.807) is 0 Å². The average molecular weight is 273 g/mol. The lowest BCUT2D eigenvalue weighted by Crippen LogP contribution is -2.37. The van der Waals surface area contributed by atoms with Gasteiger partial charge in [0.2, 0.25) is 0 Å². The molecule has 0 rings (SSSR count). The van der Waals surface area contributed by atoms with Crippen LogP contribution in [0.25, 0.3) is 0 Å². The van der Waals surface area contributed by atoms with Crippen LogP contribution >= 0.6 is 7.91 Å². The number of hydrogen-bond donors (Lipinski definition) is 2. The van der Waals surface area contributed by atoms with Gasteiger partial charge in [-0.2, -0.15) is 0 Å². The summed E-state index contributed by atoms with van der Waals surface area (Å²) < 4.78 is 29.4. The Bertz CT molecular complexity index is 210. The van der Waals surface area contributed by atoms with Crippen molar-refractivity contribution in [2.75, 3.05) is 20.3 Å². The third-order valence-electron chi connectivity index (χ3n) is 2.65. The Morgan fingerprint density at radius 1 is 1.24 bits per heavy atom. The van der Waals surface area contributed by atoms with E-state index in [1.807, 2.05) is 0 Å². The van der Waals surface area contributed by atoms with E-state index in [0.29, 0.717) is 0 Å². The second-order valence-electron chi connectivity index (χ2n) is 3.70. The van der Waals surface area contributed by atoms with Gasteiger partial charge < -0.3 is 10.5 Å². The van der Waals surface area contributed by atoms with Crippen molar-refractivity contribution in [2.24, 2.45) is 5.73 Å². The molecule has 0 aromatic heterocycles. The summed E-state index contributed by atoms with van der Waals surface area (Å²) in [5.74, 6) is 0. The number of hydrogen-bond acceptors (Lipinski definition) is 4. The molecule has 5 nitrogen and oxygen atoms in total. The summed E-state index contributed by atoms with van der Waals surface area (Å²) in [4.78, 5) is 7.86. The van der Waals surface area contributed by atoms with Crippen molar-refractivity contribution in [3.05, 3.63) is 0 Å². The van der Waals surface area contributed by atoms with E-state index < -0.39 is 7.91 Å². The quantitative estimate of drug-likeness (QED) is 0.550. The molecule has 0 aliphatic rings. The lowest BCUT2D eigenvalue weighted by molar-refractivity contribution is 0.129. The maximum atomic E-state index is 11.5. The maximum absolute atomic E-state index is 11.5. The van der Waals surface area contributed by atoms with E-state index in [4.69, 9.17) is 10.6 Å². The van der Waals surface area contributed by atoms with Crippen molar-refractivity contribution in [3.8, 4) is 0 Å². The van der Waals surface area contributed by atoms with Crippen LogP contribution in [0.2, 0.25) is 0 Å². The van der Waals surface area contributed by atoms with Gasteiger partial charge in [-0.3, -0.25) is 9.42 Å². The van der Waals surface area contributed by atoms with E-state index in [1.165, 1.54) is 7.11 Å². The molecule has 0 bridgehead atoms. The standard InChI is InChI=1S/C7H17N.C3H8FO4P/c1-4-7(8,5-2)6-3;1-7-2-3-8-9(4,5)6/h4-6,8H2,1-3H3;2-3H2,1H3,(H,5,6). The molecule has 106 valence electrons. The summed E-state index contributed by atoms with van der Waals surface area (Å²) in [6.45, 7) is 6.34. The summed E-state index contributed by atoms with van der Waals surface area (Å²) in [6.07, 6.45) is 3.29. The fraction of sp³-hybridized carbons (Fsp3) is 1.00. The topological polar surface area (TPSA) is 81.8 Å². The molecule has 3 N–H and O–H groups in total. The highest BCUT2D eigenvalue weighted by Crippen LogP contribution is 2.42. The summed E-state index contributed by atoms with van der Waals surface area (Å²) in [7, 11) is -3.40. The van der Waals surface area contributed by atoms with Crippen LogP contribution < -0.4 is 5.73 Å². The predicted octanol–water partition coefficient (Wildman–Crippen LogP) is 2.63. The second kappa shape index (κ2) is 9.97. The SMILES string of the molecule is CCC(N)(CC)CC.COCCOP(=O)(O)F. The number of rotatable bonds is 7. The van der Waals surface area contributed by atoms with Crippen LogP contribution in [-0.2, 0) is 13.8 Å². The molecule has 0 fully saturated rings. The van der Waals surface area contributed by atoms with Crippen molar-refractivity contribution < 1.29 is 22.9 Å². The van der Waals surface area contributed by atoms with Crippen LogP contribution in [-0.4, -0.2) is 30.8 Å². The summed E-state index contributed by atoms with van der Waals surface area (Å²) >= 11 is 0. The Kier molecular flexibility index (Phi) is 11.3. The van der Waals surface area contributed by atoms with Gasteiger partial charge in [0.25, 0.3) is 0 Å². The number of ether oxygens (including phenoxy) is 1. The molecule has 0 amide bonds. The van der Waals surface area contributed by atoms with Gasteiger partial charge in [0.05, 0.1) is 13.2 Å². The van der Waals surface area contributed by atoms with Gasteiger partial charge in [0.1, 0.15) is 0 Å². The van der Waals surface area contributed by atoms with Crippen LogP contribution in [0.5, 0.6) is 0 Å². The Labute approximate surface area is 103 Å². The summed E-state index contributed by atoms with van der Waals surface area (Å²) in [6, 6.07) is 0. The van der Waals surface area contributed by atoms with E-state index in [9.17, 15) is 8.76 Å². The number of halogens is 1. The molecule has 1 unspecified atom stereocenters. The van der Waals surface area contributed by atoms with E-state index >= 15 is 0 Å². The zero-order valence-electron chi connectivity index (χ0n) is 11.1. The first-order valence-electron chi connectivity index (χ1n) is 5.69. The minimum Gasteiger partial charge on any atom is -0.382 e.